The Morgan fingerprint density at radius 3 is 2.84 bits per heavy atom. The number of piperazine rings is 1. The first-order valence-corrected chi connectivity index (χ1v) is 8.66. The number of aromatic nitrogens is 2. The van der Waals surface area contributed by atoms with Gasteiger partial charge in [-0.05, 0) is 36.7 Å². The van der Waals surface area contributed by atoms with Crippen LogP contribution >= 0.6 is 23.1 Å². The third-order valence-electron chi connectivity index (χ3n) is 3.88. The van der Waals surface area contributed by atoms with Crippen molar-refractivity contribution in [3.05, 3.63) is 45.4 Å². The molecule has 1 amide bonds. The SMILES string of the molecule is Cc1nsc(C(N)N2CCN(C(=O)c3ccc(Cl)c(F)c3)CC2=N)n1. The van der Waals surface area contributed by atoms with Gasteiger partial charge in [0, 0.05) is 18.7 Å². The Morgan fingerprint density at radius 1 is 1.48 bits per heavy atom. The lowest BCUT2D eigenvalue weighted by atomic mass is 10.1. The van der Waals surface area contributed by atoms with Gasteiger partial charge in [-0.25, -0.2) is 9.37 Å². The highest BCUT2D eigenvalue weighted by atomic mass is 35.5. The summed E-state index contributed by atoms with van der Waals surface area (Å²) < 4.78 is 17.7. The summed E-state index contributed by atoms with van der Waals surface area (Å²) in [4.78, 5) is 19.9. The second kappa shape index (κ2) is 7.03. The highest BCUT2D eigenvalue weighted by molar-refractivity contribution is 7.05. The number of nitrogens with zero attached hydrogens (tertiary/aromatic N) is 4. The lowest BCUT2D eigenvalue weighted by Gasteiger charge is -2.38. The Labute approximate surface area is 152 Å². The van der Waals surface area contributed by atoms with Gasteiger partial charge in [0.15, 0.2) is 5.01 Å². The molecule has 0 radical (unpaired) electrons. The molecule has 0 aliphatic carbocycles. The third-order valence-corrected chi connectivity index (χ3v) is 5.07. The van der Waals surface area contributed by atoms with E-state index < -0.39 is 12.0 Å². The van der Waals surface area contributed by atoms with Crippen molar-refractivity contribution < 1.29 is 9.18 Å². The maximum Gasteiger partial charge on any atom is 0.254 e. The Hall–Kier alpha value is -2.10. The van der Waals surface area contributed by atoms with Gasteiger partial charge in [0.05, 0.1) is 11.6 Å². The number of halogens is 2. The van der Waals surface area contributed by atoms with Gasteiger partial charge in [-0.2, -0.15) is 4.37 Å². The smallest absolute Gasteiger partial charge is 0.254 e. The summed E-state index contributed by atoms with van der Waals surface area (Å²) in [6, 6.07) is 3.93. The van der Waals surface area contributed by atoms with Crippen LogP contribution in [0.15, 0.2) is 18.2 Å². The molecule has 1 aromatic heterocycles. The maximum atomic E-state index is 13.6. The molecule has 1 aromatic carbocycles. The van der Waals surface area contributed by atoms with E-state index in [1.54, 1.807) is 11.8 Å². The van der Waals surface area contributed by atoms with Gasteiger partial charge in [-0.3, -0.25) is 10.2 Å². The van der Waals surface area contributed by atoms with Crippen molar-refractivity contribution in [1.29, 1.82) is 5.41 Å². The minimum absolute atomic E-state index is 0.0348. The van der Waals surface area contributed by atoms with E-state index in [0.29, 0.717) is 23.9 Å². The Kier molecular flexibility index (Phi) is 4.98. The molecule has 0 spiro atoms. The molecule has 7 nitrogen and oxygen atoms in total. The fourth-order valence-corrected chi connectivity index (χ4v) is 3.36. The number of hydrogen-bond acceptors (Lipinski definition) is 6. The minimum atomic E-state index is -0.644. The van der Waals surface area contributed by atoms with Crippen molar-refractivity contribution in [2.24, 2.45) is 5.73 Å². The van der Waals surface area contributed by atoms with Crippen molar-refractivity contribution in [2.45, 2.75) is 13.1 Å². The number of amidine groups is 1. The number of benzene rings is 1. The van der Waals surface area contributed by atoms with Gasteiger partial charge in [-0.15, -0.1) is 0 Å². The van der Waals surface area contributed by atoms with E-state index in [0.717, 1.165) is 6.07 Å². The Bertz CT molecular complexity index is 828. The second-order valence-corrected chi connectivity index (χ2v) is 6.81. The van der Waals surface area contributed by atoms with Gasteiger partial charge in [0.1, 0.15) is 23.6 Å². The maximum absolute atomic E-state index is 13.6. The molecule has 1 aliphatic heterocycles. The zero-order valence-electron chi connectivity index (χ0n) is 13.4. The summed E-state index contributed by atoms with van der Waals surface area (Å²) in [6.45, 7) is 2.63. The third kappa shape index (κ3) is 3.63. The fraction of sp³-hybridized carbons (Fsp3) is 0.333. The van der Waals surface area contributed by atoms with Crippen molar-refractivity contribution in [3.8, 4) is 0 Å². The van der Waals surface area contributed by atoms with E-state index in [2.05, 4.69) is 9.36 Å². The molecule has 0 saturated carbocycles. The van der Waals surface area contributed by atoms with E-state index in [9.17, 15) is 9.18 Å². The molecular weight excluding hydrogens is 367 g/mol. The summed E-state index contributed by atoms with van der Waals surface area (Å²) in [7, 11) is 0. The van der Waals surface area contributed by atoms with Crippen LogP contribution in [-0.2, 0) is 0 Å². The Morgan fingerprint density at radius 2 is 2.24 bits per heavy atom. The predicted molar refractivity (Wildman–Crippen MR) is 93.3 cm³/mol. The number of amides is 1. The zero-order valence-corrected chi connectivity index (χ0v) is 14.9. The molecule has 2 aromatic rings. The zero-order chi connectivity index (χ0) is 18.1. The van der Waals surface area contributed by atoms with Crippen molar-refractivity contribution in [2.75, 3.05) is 19.6 Å². The number of nitrogens with two attached hydrogens (primary N) is 1. The number of carbonyl (C=O) groups excluding carboxylic acids is 1. The first-order chi connectivity index (χ1) is 11.9. The molecule has 10 heteroatoms. The highest BCUT2D eigenvalue weighted by Crippen LogP contribution is 2.21. The summed E-state index contributed by atoms with van der Waals surface area (Å²) in [5.41, 5.74) is 6.37. The van der Waals surface area contributed by atoms with Crippen LogP contribution in [0.1, 0.15) is 27.4 Å². The molecule has 1 fully saturated rings. The lowest BCUT2D eigenvalue weighted by molar-refractivity contribution is 0.0730. The van der Waals surface area contributed by atoms with Gasteiger partial charge in [-0.1, -0.05) is 11.6 Å². The van der Waals surface area contributed by atoms with E-state index in [4.69, 9.17) is 22.7 Å². The summed E-state index contributed by atoms with van der Waals surface area (Å²) in [6.07, 6.45) is -0.566. The quantitative estimate of drug-likeness (QED) is 0.846. The molecule has 132 valence electrons. The number of aryl methyl sites for hydroxylation is 1. The predicted octanol–water partition coefficient (Wildman–Crippen LogP) is 2.03. The van der Waals surface area contributed by atoms with Gasteiger partial charge >= 0.3 is 0 Å². The molecule has 1 unspecified atom stereocenters. The largest absolute Gasteiger partial charge is 0.336 e. The van der Waals surface area contributed by atoms with Crippen LogP contribution in [-0.4, -0.2) is 50.5 Å². The highest BCUT2D eigenvalue weighted by Gasteiger charge is 2.30. The van der Waals surface area contributed by atoms with Crippen LogP contribution in [0.3, 0.4) is 0 Å². The Balaban J connectivity index is 1.69. The number of carbonyl (C=O) groups is 1. The van der Waals surface area contributed by atoms with Crippen LogP contribution in [0.5, 0.6) is 0 Å². The van der Waals surface area contributed by atoms with E-state index in [-0.39, 0.29) is 28.9 Å². The van der Waals surface area contributed by atoms with Crippen LogP contribution in [0.25, 0.3) is 0 Å². The standard InChI is InChI=1S/C15H16ClFN6OS/c1-8-20-14(25-21-8)13(19)23-5-4-22(7-12(23)18)15(24)9-2-3-10(16)11(17)6-9/h2-3,6,13,18H,4-5,7,19H2,1H3. The van der Waals surface area contributed by atoms with Crippen LogP contribution in [0.4, 0.5) is 4.39 Å². The first-order valence-electron chi connectivity index (χ1n) is 7.51. The normalized spacial score (nSPS) is 16.2. The monoisotopic (exact) mass is 382 g/mol. The molecule has 0 bridgehead atoms. The van der Waals surface area contributed by atoms with Gasteiger partial charge < -0.3 is 15.5 Å². The summed E-state index contributed by atoms with van der Waals surface area (Å²) >= 11 is 6.84. The van der Waals surface area contributed by atoms with Gasteiger partial charge in [0.25, 0.3) is 5.91 Å². The van der Waals surface area contributed by atoms with Crippen molar-refractivity contribution in [3.63, 3.8) is 0 Å². The first kappa shape index (κ1) is 17.7. The van der Waals surface area contributed by atoms with Crippen LogP contribution < -0.4 is 5.73 Å². The molecule has 1 atom stereocenters. The molecule has 2 heterocycles. The minimum Gasteiger partial charge on any atom is -0.336 e. The second-order valence-electron chi connectivity index (χ2n) is 5.62. The summed E-state index contributed by atoms with van der Waals surface area (Å²) in [5, 5.41) is 8.80. The topological polar surface area (TPSA) is 99.2 Å². The number of rotatable bonds is 3. The van der Waals surface area contributed by atoms with E-state index in [1.807, 2.05) is 0 Å². The van der Waals surface area contributed by atoms with Gasteiger partial charge in [0.2, 0.25) is 0 Å². The summed E-state index contributed by atoms with van der Waals surface area (Å²) in [5.74, 6) is -0.148. The lowest BCUT2D eigenvalue weighted by Crippen LogP contribution is -2.54. The molecule has 3 N–H and O–H groups in total. The van der Waals surface area contributed by atoms with E-state index in [1.165, 1.54) is 28.6 Å². The molecular formula is C15H16ClFN6OS. The van der Waals surface area contributed by atoms with Crippen LogP contribution in [0.2, 0.25) is 5.02 Å². The van der Waals surface area contributed by atoms with Crippen molar-refractivity contribution >= 4 is 34.9 Å². The van der Waals surface area contributed by atoms with Crippen molar-refractivity contribution in [1.82, 2.24) is 19.2 Å². The van der Waals surface area contributed by atoms with Crippen LogP contribution in [0, 0.1) is 18.2 Å². The average molecular weight is 383 g/mol. The number of hydrogen-bond donors (Lipinski definition) is 2. The molecule has 25 heavy (non-hydrogen) atoms. The van der Waals surface area contributed by atoms with E-state index >= 15 is 0 Å². The average Bonchev–Trinajstić information content (AvgIpc) is 3.02. The molecule has 1 saturated heterocycles. The number of nitrogens with one attached hydrogen (secondary N) is 1. The molecule has 3 rings (SSSR count). The molecule has 1 aliphatic rings. The fourth-order valence-electron chi connectivity index (χ4n) is 2.57.